The molecule has 0 spiro atoms. The molecular weight excluding hydrogens is 236 g/mol. The van der Waals surface area contributed by atoms with Gasteiger partial charge in [0, 0.05) is 26.7 Å². The molecule has 0 aliphatic carbocycles. The van der Waals surface area contributed by atoms with E-state index in [1.165, 1.54) is 0 Å². The number of morpholine rings is 1. The van der Waals surface area contributed by atoms with Crippen LogP contribution in [0.5, 0.6) is 0 Å². The molecule has 3 heterocycles. The lowest BCUT2D eigenvalue weighted by atomic mass is 10.2. The minimum Gasteiger partial charge on any atom is -0.380 e. The predicted molar refractivity (Wildman–Crippen MR) is 63.5 cm³/mol. The molecule has 0 saturated carbocycles. The van der Waals surface area contributed by atoms with Crippen LogP contribution in [0.3, 0.4) is 0 Å². The normalized spacial score (nSPS) is 28.8. The first kappa shape index (κ1) is 11.9. The van der Waals surface area contributed by atoms with Crippen LogP contribution in [0, 0.1) is 0 Å². The smallest absolute Gasteiger partial charge is 0.266 e. The molecule has 1 N–H and O–H groups in total. The maximum absolute atomic E-state index is 5.33. The van der Waals surface area contributed by atoms with Crippen LogP contribution in [0.25, 0.3) is 0 Å². The van der Waals surface area contributed by atoms with Crippen LogP contribution in [0.4, 0.5) is 5.95 Å². The maximum Gasteiger partial charge on any atom is 0.266 e. The van der Waals surface area contributed by atoms with E-state index < -0.39 is 0 Å². The third-order valence-electron chi connectivity index (χ3n) is 3.45. The van der Waals surface area contributed by atoms with Crippen LogP contribution in [-0.2, 0) is 9.47 Å². The standard InChI is InChI=1S/C11H18N4O3/c1-16-8-6-9(12-7-8)10-13-11(14-18-10)15-2-4-17-5-3-15/h8-9,12H,2-7H2,1H3/t8-,9+/m0/s1. The second-order valence-electron chi connectivity index (χ2n) is 4.59. The topological polar surface area (TPSA) is 72.7 Å². The molecule has 18 heavy (non-hydrogen) atoms. The fourth-order valence-corrected chi connectivity index (χ4v) is 2.33. The van der Waals surface area contributed by atoms with Gasteiger partial charge in [-0.3, -0.25) is 0 Å². The molecule has 7 nitrogen and oxygen atoms in total. The largest absolute Gasteiger partial charge is 0.380 e. The summed E-state index contributed by atoms with van der Waals surface area (Å²) in [6.07, 6.45) is 1.11. The molecule has 1 aromatic rings. The highest BCUT2D eigenvalue weighted by atomic mass is 16.5. The first-order chi connectivity index (χ1) is 8.86. The summed E-state index contributed by atoms with van der Waals surface area (Å²) < 4.78 is 15.9. The van der Waals surface area contributed by atoms with Crippen LogP contribution < -0.4 is 10.2 Å². The van der Waals surface area contributed by atoms with E-state index in [1.54, 1.807) is 7.11 Å². The first-order valence-corrected chi connectivity index (χ1v) is 6.29. The summed E-state index contributed by atoms with van der Waals surface area (Å²) in [6, 6.07) is 0.109. The van der Waals surface area contributed by atoms with E-state index in [2.05, 4.69) is 20.4 Å². The van der Waals surface area contributed by atoms with Gasteiger partial charge in [-0.25, -0.2) is 0 Å². The summed E-state index contributed by atoms with van der Waals surface area (Å²) >= 11 is 0. The van der Waals surface area contributed by atoms with Gasteiger partial charge >= 0.3 is 0 Å². The fraction of sp³-hybridized carbons (Fsp3) is 0.818. The van der Waals surface area contributed by atoms with Crippen molar-refractivity contribution in [1.82, 2.24) is 15.5 Å². The van der Waals surface area contributed by atoms with E-state index in [0.717, 1.165) is 39.3 Å². The predicted octanol–water partition coefficient (Wildman–Crippen LogP) is -0.0444. The highest BCUT2D eigenvalue weighted by Gasteiger charge is 2.30. The van der Waals surface area contributed by atoms with Crippen molar-refractivity contribution in [2.75, 3.05) is 44.9 Å². The fourth-order valence-electron chi connectivity index (χ4n) is 2.33. The van der Waals surface area contributed by atoms with E-state index in [9.17, 15) is 0 Å². The number of aromatic nitrogens is 2. The molecule has 2 saturated heterocycles. The van der Waals surface area contributed by atoms with Crippen LogP contribution in [0.2, 0.25) is 0 Å². The van der Waals surface area contributed by atoms with Gasteiger partial charge in [-0.1, -0.05) is 0 Å². The Bertz CT molecular complexity index is 391. The lowest BCUT2D eigenvalue weighted by Crippen LogP contribution is -2.36. The number of rotatable bonds is 3. The first-order valence-electron chi connectivity index (χ1n) is 6.29. The van der Waals surface area contributed by atoms with Crippen molar-refractivity contribution in [2.24, 2.45) is 0 Å². The quantitative estimate of drug-likeness (QED) is 0.811. The van der Waals surface area contributed by atoms with Gasteiger partial charge < -0.3 is 24.2 Å². The molecule has 3 rings (SSSR count). The average molecular weight is 254 g/mol. The van der Waals surface area contributed by atoms with Gasteiger partial charge in [-0.05, 0) is 11.6 Å². The molecule has 2 aliphatic rings. The highest BCUT2D eigenvalue weighted by molar-refractivity contribution is 5.28. The molecule has 2 fully saturated rings. The third kappa shape index (κ3) is 2.33. The monoisotopic (exact) mass is 254 g/mol. The molecule has 0 bridgehead atoms. The van der Waals surface area contributed by atoms with E-state index in [1.807, 2.05) is 0 Å². The van der Waals surface area contributed by atoms with Crippen molar-refractivity contribution in [3.05, 3.63) is 5.89 Å². The highest BCUT2D eigenvalue weighted by Crippen LogP contribution is 2.25. The summed E-state index contributed by atoms with van der Waals surface area (Å²) in [5, 5.41) is 7.36. The molecule has 0 radical (unpaired) electrons. The van der Waals surface area contributed by atoms with E-state index in [0.29, 0.717) is 11.8 Å². The second kappa shape index (κ2) is 5.21. The van der Waals surface area contributed by atoms with Crippen molar-refractivity contribution in [3.8, 4) is 0 Å². The second-order valence-corrected chi connectivity index (χ2v) is 4.59. The molecule has 1 aromatic heterocycles. The van der Waals surface area contributed by atoms with Crippen molar-refractivity contribution in [3.63, 3.8) is 0 Å². The number of methoxy groups -OCH3 is 1. The van der Waals surface area contributed by atoms with Crippen LogP contribution in [-0.4, -0.2) is 56.2 Å². The van der Waals surface area contributed by atoms with Gasteiger partial charge in [-0.15, -0.1) is 0 Å². The Kier molecular flexibility index (Phi) is 3.44. The number of hydrogen-bond donors (Lipinski definition) is 1. The Hall–Kier alpha value is -1.18. The summed E-state index contributed by atoms with van der Waals surface area (Å²) in [4.78, 5) is 6.54. The van der Waals surface area contributed by atoms with Crippen molar-refractivity contribution < 1.29 is 14.0 Å². The molecule has 7 heteroatoms. The zero-order valence-corrected chi connectivity index (χ0v) is 10.5. The van der Waals surface area contributed by atoms with Crippen molar-refractivity contribution >= 4 is 5.95 Å². The van der Waals surface area contributed by atoms with Gasteiger partial charge in [0.2, 0.25) is 5.89 Å². The number of nitrogens with one attached hydrogen (secondary N) is 1. The Balaban J connectivity index is 1.66. The molecule has 0 aromatic carbocycles. The van der Waals surface area contributed by atoms with E-state index in [4.69, 9.17) is 14.0 Å². The lowest BCUT2D eigenvalue weighted by molar-refractivity contribution is 0.116. The Morgan fingerprint density at radius 2 is 2.22 bits per heavy atom. The van der Waals surface area contributed by atoms with Gasteiger partial charge in [-0.2, -0.15) is 4.98 Å². The molecule has 0 unspecified atom stereocenters. The van der Waals surface area contributed by atoms with Gasteiger partial charge in [0.15, 0.2) is 0 Å². The van der Waals surface area contributed by atoms with Crippen LogP contribution >= 0.6 is 0 Å². The summed E-state index contributed by atoms with van der Waals surface area (Å²) in [5.41, 5.74) is 0. The van der Waals surface area contributed by atoms with Crippen molar-refractivity contribution in [1.29, 1.82) is 0 Å². The maximum atomic E-state index is 5.33. The Labute approximate surface area is 105 Å². The molecular formula is C11H18N4O3. The molecule has 0 amide bonds. The Morgan fingerprint density at radius 3 is 2.94 bits per heavy atom. The zero-order valence-electron chi connectivity index (χ0n) is 10.5. The Morgan fingerprint density at radius 1 is 1.39 bits per heavy atom. The molecule has 2 atom stereocenters. The lowest BCUT2D eigenvalue weighted by Gasteiger charge is -2.24. The summed E-state index contributed by atoms with van der Waals surface area (Å²) in [5.74, 6) is 1.31. The number of ether oxygens (including phenoxy) is 2. The van der Waals surface area contributed by atoms with Gasteiger partial charge in [0.05, 0.1) is 25.4 Å². The average Bonchev–Trinajstić information content (AvgIpc) is 3.08. The SMILES string of the molecule is CO[C@@H]1CN[C@@H](c2nc(N3CCOCC3)no2)C1. The van der Waals surface area contributed by atoms with Crippen LogP contribution in [0.1, 0.15) is 18.4 Å². The molecule has 2 aliphatic heterocycles. The molecule has 100 valence electrons. The van der Waals surface area contributed by atoms with Crippen molar-refractivity contribution in [2.45, 2.75) is 18.6 Å². The van der Waals surface area contributed by atoms with Crippen LogP contribution in [0.15, 0.2) is 4.52 Å². The van der Waals surface area contributed by atoms with E-state index in [-0.39, 0.29) is 12.1 Å². The number of hydrogen-bond acceptors (Lipinski definition) is 7. The summed E-state index contributed by atoms with van der Waals surface area (Å²) in [7, 11) is 1.72. The van der Waals surface area contributed by atoms with Gasteiger partial charge in [0.25, 0.3) is 5.95 Å². The summed E-state index contributed by atoms with van der Waals surface area (Å²) in [6.45, 7) is 3.90. The third-order valence-corrected chi connectivity index (χ3v) is 3.45. The minimum atomic E-state index is 0.109. The number of anilines is 1. The van der Waals surface area contributed by atoms with E-state index >= 15 is 0 Å². The van der Waals surface area contributed by atoms with Gasteiger partial charge in [0.1, 0.15) is 0 Å². The zero-order chi connectivity index (χ0) is 12.4. The number of nitrogens with zero attached hydrogens (tertiary/aromatic N) is 3. The minimum absolute atomic E-state index is 0.109.